The number of ether oxygens (including phenoxy) is 1. The molecule has 8 nitrogen and oxygen atoms in total. The molecule has 1 aromatic carbocycles. The van der Waals surface area contributed by atoms with E-state index in [1.807, 2.05) is 0 Å². The number of carbonyl (C=O) groups is 2. The number of amidine groups is 1. The van der Waals surface area contributed by atoms with Crippen molar-refractivity contribution in [1.29, 1.82) is 5.41 Å². The van der Waals surface area contributed by atoms with Gasteiger partial charge >= 0.3 is 11.9 Å². The number of nitrogens with one attached hydrogen (secondary N) is 2. The maximum Gasteiger partial charge on any atom is 0.355 e. The summed E-state index contributed by atoms with van der Waals surface area (Å²) in [5.41, 5.74) is 5.88. The Bertz CT molecular complexity index is 727. The second-order valence-electron chi connectivity index (χ2n) is 4.43. The first-order chi connectivity index (χ1) is 11.0. The Labute approximate surface area is 135 Å². The Morgan fingerprint density at radius 2 is 2.04 bits per heavy atom. The molecule has 9 heteroatoms. The van der Waals surface area contributed by atoms with Crippen LogP contribution in [0.15, 0.2) is 30.5 Å². The third-order valence-electron chi connectivity index (χ3n) is 2.70. The minimum Gasteiger partial charge on any atom is -0.481 e. The van der Waals surface area contributed by atoms with E-state index >= 15 is 0 Å². The number of anilines is 1. The van der Waals surface area contributed by atoms with Gasteiger partial charge in [0.1, 0.15) is 16.5 Å². The summed E-state index contributed by atoms with van der Waals surface area (Å²) < 4.78 is 5.19. The highest BCUT2D eigenvalue weighted by Gasteiger charge is 2.13. The lowest BCUT2D eigenvalue weighted by Crippen LogP contribution is -2.11. The van der Waals surface area contributed by atoms with Crippen molar-refractivity contribution in [2.45, 2.75) is 6.42 Å². The zero-order valence-corrected chi connectivity index (χ0v) is 12.7. The summed E-state index contributed by atoms with van der Waals surface area (Å²) in [7, 11) is 0. The van der Waals surface area contributed by atoms with Gasteiger partial charge in [0.15, 0.2) is 5.13 Å². The topological polar surface area (TPSA) is 138 Å². The maximum atomic E-state index is 12.0. The lowest BCUT2D eigenvalue weighted by Gasteiger charge is -2.03. The van der Waals surface area contributed by atoms with Gasteiger partial charge in [-0.3, -0.25) is 10.2 Å². The first kappa shape index (κ1) is 16.4. The molecule has 0 bridgehead atoms. The highest BCUT2D eigenvalue weighted by atomic mass is 32.1. The number of nitrogens with zero attached hydrogens (tertiary/aromatic N) is 1. The average Bonchev–Trinajstić information content (AvgIpc) is 2.96. The number of thiazole rings is 1. The number of carboxylic acids is 1. The molecule has 0 spiro atoms. The van der Waals surface area contributed by atoms with Crippen LogP contribution in [0.25, 0.3) is 0 Å². The monoisotopic (exact) mass is 334 g/mol. The van der Waals surface area contributed by atoms with Crippen LogP contribution < -0.4 is 15.8 Å². The van der Waals surface area contributed by atoms with Crippen LogP contribution in [0.5, 0.6) is 5.75 Å². The van der Waals surface area contributed by atoms with Crippen molar-refractivity contribution in [2.75, 3.05) is 11.9 Å². The van der Waals surface area contributed by atoms with Gasteiger partial charge in [0.05, 0.1) is 12.6 Å². The van der Waals surface area contributed by atoms with Crippen LogP contribution in [0, 0.1) is 5.41 Å². The van der Waals surface area contributed by atoms with Crippen molar-refractivity contribution < 1.29 is 19.4 Å². The van der Waals surface area contributed by atoms with Crippen LogP contribution in [0.1, 0.15) is 21.7 Å². The first-order valence-corrected chi connectivity index (χ1v) is 7.35. The molecule has 0 aliphatic heterocycles. The van der Waals surface area contributed by atoms with E-state index in [4.69, 9.17) is 21.0 Å². The van der Waals surface area contributed by atoms with Crippen molar-refractivity contribution in [2.24, 2.45) is 5.73 Å². The molecule has 0 amide bonds. The Kier molecular flexibility index (Phi) is 5.26. The number of benzene rings is 1. The molecule has 0 fully saturated rings. The lowest BCUT2D eigenvalue weighted by molar-refractivity contribution is -0.136. The minimum atomic E-state index is -0.914. The molecule has 0 aliphatic carbocycles. The van der Waals surface area contributed by atoms with Crippen LogP contribution in [0.3, 0.4) is 0 Å². The fourth-order valence-corrected chi connectivity index (χ4v) is 2.30. The Morgan fingerprint density at radius 3 is 2.65 bits per heavy atom. The van der Waals surface area contributed by atoms with Crippen LogP contribution in [0.4, 0.5) is 5.13 Å². The van der Waals surface area contributed by atoms with Gasteiger partial charge in [-0.25, -0.2) is 9.78 Å². The van der Waals surface area contributed by atoms with Gasteiger partial charge in [-0.05, 0) is 24.3 Å². The molecular formula is C14H14N4O4S. The predicted molar refractivity (Wildman–Crippen MR) is 85.3 cm³/mol. The summed E-state index contributed by atoms with van der Waals surface area (Å²) in [5.74, 6) is -1.22. The minimum absolute atomic E-state index is 0.0398. The van der Waals surface area contributed by atoms with Crippen molar-refractivity contribution >= 4 is 34.2 Å². The molecule has 0 aliphatic rings. The lowest BCUT2D eigenvalue weighted by atomic mass is 10.2. The van der Waals surface area contributed by atoms with Gasteiger partial charge in [0, 0.05) is 12.1 Å². The third-order valence-corrected chi connectivity index (χ3v) is 3.63. The summed E-state index contributed by atoms with van der Waals surface area (Å²) in [6, 6.07) is 6.25. The van der Waals surface area contributed by atoms with Crippen molar-refractivity contribution in [3.63, 3.8) is 0 Å². The van der Waals surface area contributed by atoms with Crippen LogP contribution in [-0.2, 0) is 4.79 Å². The van der Waals surface area contributed by atoms with E-state index in [9.17, 15) is 9.59 Å². The second kappa shape index (κ2) is 7.36. The number of aliphatic carboxylic acids is 1. The second-order valence-corrected chi connectivity index (χ2v) is 5.46. The number of rotatable bonds is 7. The maximum absolute atomic E-state index is 12.0. The molecule has 2 rings (SSSR count). The van der Waals surface area contributed by atoms with Crippen LogP contribution >= 0.6 is 11.3 Å². The zero-order valence-electron chi connectivity index (χ0n) is 11.9. The molecule has 23 heavy (non-hydrogen) atoms. The van der Waals surface area contributed by atoms with E-state index in [1.165, 1.54) is 6.20 Å². The molecule has 1 heterocycles. The summed E-state index contributed by atoms with van der Waals surface area (Å²) >= 11 is 1.08. The predicted octanol–water partition coefficient (Wildman–Crippen LogP) is 1.53. The molecule has 0 unspecified atom stereocenters. The highest BCUT2D eigenvalue weighted by Crippen LogP contribution is 2.20. The fourth-order valence-electron chi connectivity index (χ4n) is 1.59. The van der Waals surface area contributed by atoms with Gasteiger partial charge in [-0.1, -0.05) is 11.3 Å². The van der Waals surface area contributed by atoms with Gasteiger partial charge < -0.3 is 20.9 Å². The summed E-state index contributed by atoms with van der Waals surface area (Å²) in [6.45, 7) is 0.226. The van der Waals surface area contributed by atoms with Crippen molar-refractivity contribution in [1.82, 2.24) is 4.98 Å². The summed E-state index contributed by atoms with van der Waals surface area (Å²) in [4.78, 5) is 26.7. The Morgan fingerprint density at radius 1 is 1.35 bits per heavy atom. The SMILES string of the molecule is N=C(N)c1ccc(OC(=O)c2cnc(NCCC(=O)O)s2)cc1. The third kappa shape index (κ3) is 4.78. The molecule has 0 saturated heterocycles. The van der Waals surface area contributed by atoms with Crippen LogP contribution in [0.2, 0.25) is 0 Å². The van der Waals surface area contributed by atoms with Crippen LogP contribution in [-0.4, -0.2) is 34.4 Å². The summed E-state index contributed by atoms with van der Waals surface area (Å²) in [6.07, 6.45) is 1.32. The standard InChI is InChI=1S/C14H14N4O4S/c15-12(16)8-1-3-9(4-2-8)22-13(21)10-7-18-14(23-10)17-6-5-11(19)20/h1-4,7H,5-6H2,(H3,15,16)(H,17,18)(H,19,20). The Hall–Kier alpha value is -2.94. The molecule has 0 radical (unpaired) electrons. The molecule has 2 aromatic rings. The molecule has 0 atom stereocenters. The molecule has 5 N–H and O–H groups in total. The number of nitrogens with two attached hydrogens (primary N) is 1. The Balaban J connectivity index is 1.94. The molecule has 0 saturated carbocycles. The summed E-state index contributed by atoms with van der Waals surface area (Å²) in [5, 5.41) is 19.1. The normalized spacial score (nSPS) is 10.1. The number of aromatic nitrogens is 1. The van der Waals surface area contributed by atoms with E-state index in [0.29, 0.717) is 21.3 Å². The van der Waals surface area contributed by atoms with Gasteiger partial charge in [-0.15, -0.1) is 0 Å². The van der Waals surface area contributed by atoms with Gasteiger partial charge in [0.25, 0.3) is 0 Å². The average molecular weight is 334 g/mol. The number of esters is 1. The van der Waals surface area contributed by atoms with E-state index in [1.54, 1.807) is 24.3 Å². The number of carboxylic acid groups (broad SMARTS) is 1. The number of nitrogen functional groups attached to an aromatic ring is 1. The first-order valence-electron chi connectivity index (χ1n) is 6.54. The van der Waals surface area contributed by atoms with E-state index in [0.717, 1.165) is 11.3 Å². The van der Waals surface area contributed by atoms with E-state index < -0.39 is 11.9 Å². The number of hydrogen-bond acceptors (Lipinski definition) is 7. The molecular weight excluding hydrogens is 320 g/mol. The van der Waals surface area contributed by atoms with Crippen molar-refractivity contribution in [3.8, 4) is 5.75 Å². The number of carbonyl (C=O) groups excluding carboxylic acids is 1. The van der Waals surface area contributed by atoms with E-state index in [-0.39, 0.29) is 18.8 Å². The van der Waals surface area contributed by atoms with Gasteiger partial charge in [-0.2, -0.15) is 0 Å². The largest absolute Gasteiger partial charge is 0.481 e. The zero-order chi connectivity index (χ0) is 16.8. The van der Waals surface area contributed by atoms with E-state index in [2.05, 4.69) is 10.3 Å². The molecule has 1 aromatic heterocycles. The fraction of sp³-hybridized carbons (Fsp3) is 0.143. The molecule has 120 valence electrons. The smallest absolute Gasteiger partial charge is 0.355 e. The number of hydrogen-bond donors (Lipinski definition) is 4. The highest BCUT2D eigenvalue weighted by molar-refractivity contribution is 7.17. The quantitative estimate of drug-likeness (QED) is 0.261. The van der Waals surface area contributed by atoms with Gasteiger partial charge in [0.2, 0.25) is 0 Å². The van der Waals surface area contributed by atoms with Crippen molar-refractivity contribution in [3.05, 3.63) is 40.9 Å².